The fourth-order valence-electron chi connectivity index (χ4n) is 3.75. The van der Waals surface area contributed by atoms with Crippen LogP contribution in [0, 0.1) is 0 Å². The summed E-state index contributed by atoms with van der Waals surface area (Å²) in [6.07, 6.45) is 5.09. The third-order valence-electron chi connectivity index (χ3n) is 5.51. The van der Waals surface area contributed by atoms with E-state index in [1.165, 1.54) is 10.7 Å². The minimum atomic E-state index is -3.56. The normalized spacial score (nSPS) is 14.7. The van der Waals surface area contributed by atoms with Crippen molar-refractivity contribution in [2.24, 2.45) is 0 Å². The molecule has 172 valence electrons. The SMILES string of the molecule is CCOc1cccc(C(=O)NC(=S)Nc2ccc(S(=O)(=O)N(C)C3CCCCC3)cc2)c1. The molecule has 3 rings (SSSR count). The van der Waals surface area contributed by atoms with Crippen LogP contribution >= 0.6 is 12.2 Å². The summed E-state index contributed by atoms with van der Waals surface area (Å²) in [4.78, 5) is 12.7. The lowest BCUT2D eigenvalue weighted by molar-refractivity contribution is 0.0977. The molecule has 32 heavy (non-hydrogen) atoms. The maximum atomic E-state index is 13.0. The molecule has 1 fully saturated rings. The third kappa shape index (κ3) is 6.05. The van der Waals surface area contributed by atoms with Crippen LogP contribution in [0.1, 0.15) is 49.4 Å². The number of sulfonamides is 1. The average Bonchev–Trinajstić information content (AvgIpc) is 2.80. The van der Waals surface area contributed by atoms with Gasteiger partial charge in [0.2, 0.25) is 10.0 Å². The standard InChI is InChI=1S/C23H29N3O4S2/c1-3-30-20-11-7-8-17(16-20)22(27)25-23(31)24-18-12-14-21(15-13-18)32(28,29)26(2)19-9-5-4-6-10-19/h7-8,11-16,19H,3-6,9-10H2,1-2H3,(H2,24,25,27,31). The molecule has 0 heterocycles. The van der Waals surface area contributed by atoms with Gasteiger partial charge >= 0.3 is 0 Å². The van der Waals surface area contributed by atoms with Gasteiger partial charge in [-0.3, -0.25) is 10.1 Å². The van der Waals surface area contributed by atoms with E-state index in [1.807, 2.05) is 6.92 Å². The van der Waals surface area contributed by atoms with Crippen LogP contribution in [0.15, 0.2) is 53.4 Å². The molecule has 0 bridgehead atoms. The number of hydrogen-bond acceptors (Lipinski definition) is 5. The van der Waals surface area contributed by atoms with Crippen LogP contribution in [-0.2, 0) is 10.0 Å². The fraction of sp³-hybridized carbons (Fsp3) is 0.391. The van der Waals surface area contributed by atoms with Gasteiger partial charge in [-0.15, -0.1) is 0 Å². The van der Waals surface area contributed by atoms with Gasteiger partial charge in [0.1, 0.15) is 5.75 Å². The van der Waals surface area contributed by atoms with E-state index >= 15 is 0 Å². The fourth-order valence-corrected chi connectivity index (χ4v) is 5.38. The smallest absolute Gasteiger partial charge is 0.257 e. The van der Waals surface area contributed by atoms with Crippen LogP contribution in [0.2, 0.25) is 0 Å². The van der Waals surface area contributed by atoms with Gasteiger partial charge in [-0.05, 0) is 74.4 Å². The molecule has 7 nitrogen and oxygen atoms in total. The summed E-state index contributed by atoms with van der Waals surface area (Å²) in [5.41, 5.74) is 1.00. The van der Waals surface area contributed by atoms with E-state index in [9.17, 15) is 13.2 Å². The van der Waals surface area contributed by atoms with Crippen molar-refractivity contribution in [1.82, 2.24) is 9.62 Å². The molecule has 0 unspecified atom stereocenters. The van der Waals surface area contributed by atoms with Crippen molar-refractivity contribution in [2.75, 3.05) is 19.0 Å². The summed E-state index contributed by atoms with van der Waals surface area (Å²) < 4.78 is 32.8. The highest BCUT2D eigenvalue weighted by Crippen LogP contribution is 2.27. The predicted molar refractivity (Wildman–Crippen MR) is 130 cm³/mol. The van der Waals surface area contributed by atoms with Crippen molar-refractivity contribution in [2.45, 2.75) is 50.0 Å². The van der Waals surface area contributed by atoms with Crippen molar-refractivity contribution in [3.63, 3.8) is 0 Å². The Bertz CT molecular complexity index is 1050. The highest BCUT2D eigenvalue weighted by molar-refractivity contribution is 7.89. The summed E-state index contributed by atoms with van der Waals surface area (Å²) in [5, 5.41) is 5.65. The molecule has 1 aliphatic rings. The van der Waals surface area contributed by atoms with Gasteiger partial charge in [0, 0.05) is 24.3 Å². The van der Waals surface area contributed by atoms with Gasteiger partial charge in [0.25, 0.3) is 5.91 Å². The lowest BCUT2D eigenvalue weighted by atomic mass is 9.96. The number of nitrogens with zero attached hydrogens (tertiary/aromatic N) is 1. The number of amides is 1. The molecule has 2 aromatic carbocycles. The number of carbonyl (C=O) groups excluding carboxylic acids is 1. The van der Waals surface area contributed by atoms with Crippen molar-refractivity contribution < 1.29 is 17.9 Å². The minimum absolute atomic E-state index is 0.0515. The number of thiocarbonyl (C=S) groups is 1. The molecule has 1 amide bonds. The molecule has 0 aromatic heterocycles. The topological polar surface area (TPSA) is 87.7 Å². The van der Waals surface area contributed by atoms with E-state index in [0.717, 1.165) is 25.7 Å². The summed E-state index contributed by atoms with van der Waals surface area (Å²) in [6.45, 7) is 2.38. The van der Waals surface area contributed by atoms with E-state index in [2.05, 4.69) is 10.6 Å². The second-order valence-electron chi connectivity index (χ2n) is 7.71. The van der Waals surface area contributed by atoms with E-state index in [0.29, 0.717) is 23.6 Å². The maximum Gasteiger partial charge on any atom is 0.257 e. The number of benzene rings is 2. The highest BCUT2D eigenvalue weighted by Gasteiger charge is 2.28. The van der Waals surface area contributed by atoms with Crippen LogP contribution in [0.5, 0.6) is 5.75 Å². The number of anilines is 1. The number of rotatable bonds is 7. The number of hydrogen-bond donors (Lipinski definition) is 2. The quantitative estimate of drug-likeness (QED) is 0.585. The zero-order valence-corrected chi connectivity index (χ0v) is 20.0. The molecule has 1 saturated carbocycles. The van der Waals surface area contributed by atoms with Crippen molar-refractivity contribution in [1.29, 1.82) is 0 Å². The van der Waals surface area contributed by atoms with Gasteiger partial charge < -0.3 is 10.1 Å². The average molecular weight is 476 g/mol. The second kappa shape index (κ2) is 10.9. The largest absolute Gasteiger partial charge is 0.494 e. The van der Waals surface area contributed by atoms with E-state index in [-0.39, 0.29) is 22.0 Å². The van der Waals surface area contributed by atoms with Crippen molar-refractivity contribution >= 4 is 38.9 Å². The van der Waals surface area contributed by atoms with Crippen LogP contribution in [0.25, 0.3) is 0 Å². The molecular weight excluding hydrogens is 446 g/mol. The molecule has 0 atom stereocenters. The summed E-state index contributed by atoms with van der Waals surface area (Å²) in [6, 6.07) is 13.2. The zero-order chi connectivity index (χ0) is 23.1. The Morgan fingerprint density at radius 3 is 2.47 bits per heavy atom. The number of carbonyl (C=O) groups is 1. The van der Waals surface area contributed by atoms with Crippen molar-refractivity contribution in [3.05, 3.63) is 54.1 Å². The molecule has 1 aliphatic carbocycles. The first-order chi connectivity index (χ1) is 15.3. The highest BCUT2D eigenvalue weighted by atomic mass is 32.2. The van der Waals surface area contributed by atoms with E-state index < -0.39 is 10.0 Å². The molecular formula is C23H29N3O4S2. The Morgan fingerprint density at radius 2 is 1.81 bits per heavy atom. The van der Waals surface area contributed by atoms with Gasteiger partial charge in [0.05, 0.1) is 11.5 Å². The second-order valence-corrected chi connectivity index (χ2v) is 10.1. The summed E-state index contributed by atoms with van der Waals surface area (Å²) in [7, 11) is -1.90. The maximum absolute atomic E-state index is 13.0. The number of ether oxygens (including phenoxy) is 1. The van der Waals surface area contributed by atoms with Gasteiger partial charge in [0.15, 0.2) is 5.11 Å². The monoisotopic (exact) mass is 475 g/mol. The van der Waals surface area contributed by atoms with Crippen LogP contribution < -0.4 is 15.4 Å². The first kappa shape index (κ1) is 24.2. The Kier molecular flexibility index (Phi) is 8.22. The van der Waals surface area contributed by atoms with Gasteiger partial charge in [-0.1, -0.05) is 25.3 Å². The zero-order valence-electron chi connectivity index (χ0n) is 18.3. The number of nitrogens with one attached hydrogen (secondary N) is 2. The van der Waals surface area contributed by atoms with Crippen LogP contribution in [0.4, 0.5) is 5.69 Å². The minimum Gasteiger partial charge on any atom is -0.494 e. The van der Waals surface area contributed by atoms with E-state index in [1.54, 1.807) is 55.6 Å². The molecule has 0 spiro atoms. The molecule has 0 saturated heterocycles. The summed E-state index contributed by atoms with van der Waals surface area (Å²) >= 11 is 5.23. The lowest BCUT2D eigenvalue weighted by Crippen LogP contribution is -2.38. The molecule has 2 N–H and O–H groups in total. The third-order valence-corrected chi connectivity index (χ3v) is 7.64. The molecule has 9 heteroatoms. The Labute approximate surface area is 195 Å². The van der Waals surface area contributed by atoms with Crippen LogP contribution in [0.3, 0.4) is 0 Å². The molecule has 0 radical (unpaired) electrons. The Balaban J connectivity index is 1.60. The summed E-state index contributed by atoms with van der Waals surface area (Å²) in [5.74, 6) is 0.242. The van der Waals surface area contributed by atoms with Gasteiger partial charge in [-0.25, -0.2) is 8.42 Å². The molecule has 0 aliphatic heterocycles. The van der Waals surface area contributed by atoms with Crippen LogP contribution in [-0.4, -0.2) is 43.4 Å². The van der Waals surface area contributed by atoms with E-state index in [4.69, 9.17) is 17.0 Å². The van der Waals surface area contributed by atoms with Gasteiger partial charge in [-0.2, -0.15) is 4.31 Å². The Hall–Kier alpha value is -2.49. The Morgan fingerprint density at radius 1 is 1.12 bits per heavy atom. The lowest BCUT2D eigenvalue weighted by Gasteiger charge is -2.30. The first-order valence-corrected chi connectivity index (χ1v) is 12.6. The molecule has 2 aromatic rings. The first-order valence-electron chi connectivity index (χ1n) is 10.7. The predicted octanol–water partition coefficient (Wildman–Crippen LogP) is 4.17. The van der Waals surface area contributed by atoms with Crippen molar-refractivity contribution in [3.8, 4) is 5.75 Å².